The molecule has 34 heavy (non-hydrogen) atoms. The number of benzene rings is 2. The number of nitrogens with one attached hydrogen (secondary N) is 2. The van der Waals surface area contributed by atoms with E-state index in [1.165, 1.54) is 48.9 Å². The molecule has 0 saturated carbocycles. The Morgan fingerprint density at radius 2 is 1.79 bits per heavy atom. The first-order valence-electron chi connectivity index (χ1n) is 10.1. The fourth-order valence-electron chi connectivity index (χ4n) is 3.30. The first kappa shape index (κ1) is 22.3. The number of hydrogen-bond donors (Lipinski definition) is 3. The number of carbonyl (C=O) groups is 3. The molecule has 170 valence electrons. The predicted octanol–water partition coefficient (Wildman–Crippen LogP) is 4.37. The van der Waals surface area contributed by atoms with Crippen molar-refractivity contribution in [2.75, 3.05) is 10.6 Å². The summed E-state index contributed by atoms with van der Waals surface area (Å²) >= 11 is 0. The Kier molecular flexibility index (Phi) is 6.40. The van der Waals surface area contributed by atoms with Gasteiger partial charge in [0.1, 0.15) is 18.0 Å². The number of amides is 2. The van der Waals surface area contributed by atoms with E-state index in [1.807, 2.05) is 0 Å². The summed E-state index contributed by atoms with van der Waals surface area (Å²) in [4.78, 5) is 44.6. The number of Topliss-reactive ketones (excluding diaryl/α,β-unsaturated/α-hetero) is 1. The molecule has 0 fully saturated rings. The molecule has 0 bridgehead atoms. The topological polar surface area (TPSA) is 126 Å². The molecule has 2 amide bonds. The Balaban J connectivity index is 1.55. The molecule has 0 atom stereocenters. The molecule has 0 spiro atoms. The highest BCUT2D eigenvalue weighted by atomic mass is 19.1. The summed E-state index contributed by atoms with van der Waals surface area (Å²) in [5, 5.41) is 13.8. The van der Waals surface area contributed by atoms with Gasteiger partial charge in [0.05, 0.1) is 17.8 Å². The van der Waals surface area contributed by atoms with Crippen molar-refractivity contribution in [3.8, 4) is 16.9 Å². The van der Waals surface area contributed by atoms with Crippen molar-refractivity contribution < 1.29 is 23.9 Å². The highest BCUT2D eigenvalue weighted by Gasteiger charge is 2.17. The maximum absolute atomic E-state index is 14.2. The Bertz CT molecular complexity index is 1370. The molecule has 0 radical (unpaired) electrons. The van der Waals surface area contributed by atoms with Crippen molar-refractivity contribution in [3.05, 3.63) is 90.9 Å². The number of aromatic nitrogens is 3. The van der Waals surface area contributed by atoms with E-state index < -0.39 is 30.0 Å². The SMILES string of the molecule is O=C(O)Nc1ccc(-c2ccccc2F)cc1NC(=O)CC(=O)c1ccnc(-n2ccnc2)c1. The average molecular weight is 459 g/mol. The number of nitrogens with zero attached hydrogens (tertiary/aromatic N) is 3. The number of halogens is 1. The van der Waals surface area contributed by atoms with Crippen LogP contribution in [0, 0.1) is 5.82 Å². The van der Waals surface area contributed by atoms with Crippen LogP contribution in [0.5, 0.6) is 0 Å². The van der Waals surface area contributed by atoms with Crippen LogP contribution in [0.1, 0.15) is 16.8 Å². The number of pyridine rings is 1. The molecule has 0 saturated heterocycles. The Hall–Kier alpha value is -4.86. The highest BCUT2D eigenvalue weighted by Crippen LogP contribution is 2.30. The fourth-order valence-corrected chi connectivity index (χ4v) is 3.30. The highest BCUT2D eigenvalue weighted by molar-refractivity contribution is 6.12. The van der Waals surface area contributed by atoms with Crippen LogP contribution < -0.4 is 10.6 Å². The van der Waals surface area contributed by atoms with Crippen molar-refractivity contribution in [2.24, 2.45) is 0 Å². The minimum absolute atomic E-state index is 0.0830. The first-order chi connectivity index (χ1) is 16.4. The van der Waals surface area contributed by atoms with Crippen LogP contribution in [-0.4, -0.2) is 37.4 Å². The number of ketones is 1. The third-order valence-corrected chi connectivity index (χ3v) is 4.88. The Morgan fingerprint density at radius 3 is 2.53 bits per heavy atom. The Morgan fingerprint density at radius 1 is 0.971 bits per heavy atom. The van der Waals surface area contributed by atoms with Gasteiger partial charge >= 0.3 is 6.09 Å². The summed E-state index contributed by atoms with van der Waals surface area (Å²) in [5.74, 6) is -1.13. The van der Waals surface area contributed by atoms with E-state index in [2.05, 4.69) is 20.6 Å². The van der Waals surface area contributed by atoms with Crippen LogP contribution in [0.2, 0.25) is 0 Å². The van der Waals surface area contributed by atoms with Crippen molar-refractivity contribution in [1.82, 2.24) is 14.5 Å². The smallest absolute Gasteiger partial charge is 0.409 e. The molecular formula is C24H18FN5O4. The lowest BCUT2D eigenvalue weighted by Crippen LogP contribution is -2.18. The zero-order valence-electron chi connectivity index (χ0n) is 17.6. The zero-order valence-corrected chi connectivity index (χ0v) is 17.6. The summed E-state index contributed by atoms with van der Waals surface area (Å²) in [6, 6.07) is 13.5. The van der Waals surface area contributed by atoms with E-state index in [-0.39, 0.29) is 22.5 Å². The van der Waals surface area contributed by atoms with E-state index in [4.69, 9.17) is 5.11 Å². The van der Waals surface area contributed by atoms with E-state index in [0.717, 1.165) is 0 Å². The normalized spacial score (nSPS) is 10.5. The van der Waals surface area contributed by atoms with Crippen LogP contribution in [0.15, 0.2) is 79.5 Å². The van der Waals surface area contributed by atoms with Gasteiger partial charge in [0, 0.05) is 29.7 Å². The molecule has 2 aromatic carbocycles. The lowest BCUT2D eigenvalue weighted by molar-refractivity contribution is -0.115. The van der Waals surface area contributed by atoms with Gasteiger partial charge in [0.2, 0.25) is 5.91 Å². The quantitative estimate of drug-likeness (QED) is 0.278. The van der Waals surface area contributed by atoms with Crippen LogP contribution in [0.25, 0.3) is 16.9 Å². The third kappa shape index (κ3) is 5.13. The Labute approximate surface area is 192 Å². The summed E-state index contributed by atoms with van der Waals surface area (Å²) < 4.78 is 15.8. The van der Waals surface area contributed by atoms with Gasteiger partial charge in [0.25, 0.3) is 0 Å². The third-order valence-electron chi connectivity index (χ3n) is 4.88. The molecular weight excluding hydrogens is 441 g/mol. The van der Waals surface area contributed by atoms with Gasteiger partial charge in [-0.3, -0.25) is 19.5 Å². The molecule has 9 nitrogen and oxygen atoms in total. The van der Waals surface area contributed by atoms with Crippen molar-refractivity contribution >= 4 is 29.2 Å². The molecule has 0 aliphatic heterocycles. The van der Waals surface area contributed by atoms with Crippen LogP contribution >= 0.6 is 0 Å². The first-order valence-corrected chi connectivity index (χ1v) is 10.1. The predicted molar refractivity (Wildman–Crippen MR) is 122 cm³/mol. The van der Waals surface area contributed by atoms with Gasteiger partial charge in [-0.2, -0.15) is 0 Å². The van der Waals surface area contributed by atoms with Gasteiger partial charge in [-0.25, -0.2) is 19.2 Å². The summed E-state index contributed by atoms with van der Waals surface area (Å²) in [6.07, 6.45) is 4.39. The van der Waals surface area contributed by atoms with E-state index >= 15 is 0 Å². The number of rotatable bonds is 7. The molecule has 3 N–H and O–H groups in total. The largest absolute Gasteiger partial charge is 0.465 e. The molecule has 4 rings (SSSR count). The monoisotopic (exact) mass is 459 g/mol. The van der Waals surface area contributed by atoms with Crippen LogP contribution in [0.4, 0.5) is 20.6 Å². The number of anilines is 2. The summed E-state index contributed by atoms with van der Waals surface area (Å²) in [5.41, 5.74) is 1.15. The fraction of sp³-hybridized carbons (Fsp3) is 0.0417. The molecule has 0 unspecified atom stereocenters. The lowest BCUT2D eigenvalue weighted by atomic mass is 10.0. The molecule has 0 aliphatic carbocycles. The van der Waals surface area contributed by atoms with Crippen molar-refractivity contribution in [1.29, 1.82) is 0 Å². The van der Waals surface area contributed by atoms with E-state index in [9.17, 15) is 18.8 Å². The van der Waals surface area contributed by atoms with Crippen molar-refractivity contribution in [2.45, 2.75) is 6.42 Å². The molecule has 10 heteroatoms. The van der Waals surface area contributed by atoms with Gasteiger partial charge < -0.3 is 10.4 Å². The minimum atomic E-state index is -1.34. The second-order valence-corrected chi connectivity index (χ2v) is 7.19. The summed E-state index contributed by atoms with van der Waals surface area (Å²) in [7, 11) is 0. The molecule has 2 aromatic heterocycles. The van der Waals surface area contributed by atoms with Gasteiger partial charge in [-0.15, -0.1) is 0 Å². The van der Waals surface area contributed by atoms with Gasteiger partial charge in [-0.05, 0) is 35.9 Å². The maximum Gasteiger partial charge on any atom is 0.409 e. The standard InChI is InChI=1S/C24H18FN5O4/c25-18-4-2-1-3-17(18)15-5-6-19(29-24(33)34)20(11-15)28-23(32)13-21(31)16-7-8-27-22(12-16)30-10-9-26-14-30/h1-12,14,29H,13H2,(H,28,32)(H,33,34). The van der Waals surface area contributed by atoms with Crippen LogP contribution in [-0.2, 0) is 4.79 Å². The average Bonchev–Trinajstić information content (AvgIpc) is 3.35. The second-order valence-electron chi connectivity index (χ2n) is 7.19. The lowest BCUT2D eigenvalue weighted by Gasteiger charge is -2.13. The maximum atomic E-state index is 14.2. The second kappa shape index (κ2) is 9.74. The molecule has 0 aliphatic rings. The number of carboxylic acid groups (broad SMARTS) is 1. The van der Waals surface area contributed by atoms with E-state index in [0.29, 0.717) is 11.4 Å². The van der Waals surface area contributed by atoms with E-state index in [1.54, 1.807) is 35.2 Å². The molecule has 2 heterocycles. The van der Waals surface area contributed by atoms with Crippen LogP contribution in [0.3, 0.4) is 0 Å². The zero-order chi connectivity index (χ0) is 24.1. The summed E-state index contributed by atoms with van der Waals surface area (Å²) in [6.45, 7) is 0. The number of carbonyl (C=O) groups excluding carboxylic acids is 2. The van der Waals surface area contributed by atoms with Gasteiger partial charge in [-0.1, -0.05) is 24.3 Å². The van der Waals surface area contributed by atoms with Gasteiger partial charge in [0.15, 0.2) is 5.78 Å². The minimum Gasteiger partial charge on any atom is -0.465 e. The van der Waals surface area contributed by atoms with Crippen molar-refractivity contribution in [3.63, 3.8) is 0 Å². The molecule has 4 aromatic rings. The number of imidazole rings is 1. The number of hydrogen-bond acceptors (Lipinski definition) is 5.